The number of nitrogens with zero attached hydrogens (tertiary/aromatic N) is 1. The number of ether oxygens (including phenoxy) is 1. The first-order chi connectivity index (χ1) is 6.97. The molecule has 1 saturated heterocycles. The van der Waals surface area contributed by atoms with Crippen LogP contribution >= 0.6 is 0 Å². The number of primary amides is 1. The molecule has 1 fully saturated rings. The van der Waals surface area contributed by atoms with Crippen molar-refractivity contribution in [1.82, 2.24) is 4.90 Å². The van der Waals surface area contributed by atoms with Crippen LogP contribution in [0.5, 0.6) is 0 Å². The van der Waals surface area contributed by atoms with E-state index in [-0.39, 0.29) is 5.54 Å². The van der Waals surface area contributed by atoms with Crippen molar-refractivity contribution in [3.8, 4) is 0 Å². The van der Waals surface area contributed by atoms with Crippen molar-refractivity contribution in [2.24, 2.45) is 5.73 Å². The van der Waals surface area contributed by atoms with Gasteiger partial charge < -0.3 is 10.5 Å². The molecule has 1 aliphatic rings. The van der Waals surface area contributed by atoms with E-state index < -0.39 is 5.91 Å². The Morgan fingerprint density at radius 3 is 2.53 bits per heavy atom. The number of rotatable bonds is 5. The van der Waals surface area contributed by atoms with E-state index in [0.29, 0.717) is 6.04 Å². The Hall–Kier alpha value is -0.870. The Balaban J connectivity index is 2.67. The Morgan fingerprint density at radius 1 is 1.60 bits per heavy atom. The fraction of sp³-hybridized carbons (Fsp3) is 0.727. The molecule has 0 saturated carbocycles. The van der Waals surface area contributed by atoms with E-state index in [1.54, 1.807) is 0 Å². The van der Waals surface area contributed by atoms with Gasteiger partial charge in [-0.25, -0.2) is 0 Å². The second-order valence-corrected chi connectivity index (χ2v) is 4.37. The van der Waals surface area contributed by atoms with Gasteiger partial charge in [0.25, 0.3) is 0 Å². The number of carbonyl (C=O) groups is 1. The first kappa shape index (κ1) is 12.2. The van der Waals surface area contributed by atoms with E-state index >= 15 is 0 Å². The van der Waals surface area contributed by atoms with Crippen LogP contribution in [0, 0.1) is 0 Å². The third-order valence-corrected chi connectivity index (χ3v) is 2.80. The zero-order valence-corrected chi connectivity index (χ0v) is 9.69. The van der Waals surface area contributed by atoms with E-state index in [0.717, 1.165) is 19.8 Å². The van der Waals surface area contributed by atoms with Gasteiger partial charge in [-0.15, -0.1) is 0 Å². The van der Waals surface area contributed by atoms with E-state index in [9.17, 15) is 4.79 Å². The van der Waals surface area contributed by atoms with Crippen molar-refractivity contribution in [1.29, 1.82) is 0 Å². The number of nitrogens with two attached hydrogens (primary N) is 1. The highest BCUT2D eigenvalue weighted by molar-refractivity contribution is 5.85. The smallest absolute Gasteiger partial charge is 0.241 e. The van der Waals surface area contributed by atoms with Gasteiger partial charge in [-0.05, 0) is 20.4 Å². The van der Waals surface area contributed by atoms with Crippen molar-refractivity contribution >= 4 is 5.91 Å². The second-order valence-electron chi connectivity index (χ2n) is 4.37. The molecule has 1 amide bonds. The van der Waals surface area contributed by atoms with Gasteiger partial charge in [-0.1, -0.05) is 13.0 Å². The summed E-state index contributed by atoms with van der Waals surface area (Å²) < 4.78 is 5.18. The number of hydrogen-bond acceptors (Lipinski definition) is 3. The van der Waals surface area contributed by atoms with Crippen LogP contribution in [0.1, 0.15) is 20.8 Å². The minimum absolute atomic E-state index is 0.155. The molecule has 0 aromatic heterocycles. The summed E-state index contributed by atoms with van der Waals surface area (Å²) in [5.74, 6) is -0.399. The van der Waals surface area contributed by atoms with Crippen molar-refractivity contribution < 1.29 is 9.53 Å². The van der Waals surface area contributed by atoms with Gasteiger partial charge in [-0.2, -0.15) is 0 Å². The van der Waals surface area contributed by atoms with Crippen molar-refractivity contribution in [3.63, 3.8) is 0 Å². The average molecular weight is 212 g/mol. The van der Waals surface area contributed by atoms with E-state index in [4.69, 9.17) is 10.5 Å². The van der Waals surface area contributed by atoms with Gasteiger partial charge in [-0.3, -0.25) is 9.69 Å². The number of likely N-dealkylation sites (N-methyl/N-ethyl adjacent to an activating group) is 1. The first-order valence-corrected chi connectivity index (χ1v) is 5.30. The minimum Gasteiger partial charge on any atom is -0.378 e. The van der Waals surface area contributed by atoms with Crippen LogP contribution in [0.25, 0.3) is 0 Å². The summed E-state index contributed by atoms with van der Waals surface area (Å²) in [4.78, 5) is 13.0. The number of hydrogen-bond donors (Lipinski definition) is 1. The lowest BCUT2D eigenvalue weighted by atomic mass is 9.98. The number of carbonyl (C=O) groups excluding carboxylic acids is 1. The quantitative estimate of drug-likeness (QED) is 0.676. The Morgan fingerprint density at radius 2 is 2.20 bits per heavy atom. The molecule has 4 nitrogen and oxygen atoms in total. The predicted octanol–water partition coefficient (Wildman–Crippen LogP) is 0.527. The molecule has 0 aromatic rings. The maximum Gasteiger partial charge on any atom is 0.241 e. The molecular weight excluding hydrogens is 192 g/mol. The lowest BCUT2D eigenvalue weighted by Crippen LogP contribution is -2.56. The summed E-state index contributed by atoms with van der Waals surface area (Å²) in [6.07, 6.45) is 3.29. The molecule has 1 heterocycles. The fourth-order valence-electron chi connectivity index (χ4n) is 1.92. The number of amides is 1. The Kier molecular flexibility index (Phi) is 3.88. The van der Waals surface area contributed by atoms with Gasteiger partial charge in [0, 0.05) is 11.6 Å². The van der Waals surface area contributed by atoms with E-state index in [2.05, 4.69) is 25.7 Å². The topological polar surface area (TPSA) is 55.6 Å². The lowest BCUT2D eigenvalue weighted by Gasteiger charge is -2.45. The molecular formula is C11H20N2O2. The SMILES string of the molecule is CCN(C1COC1)C(C)(C)/C=C/C(N)=O. The van der Waals surface area contributed by atoms with Gasteiger partial charge in [0.2, 0.25) is 5.91 Å². The molecule has 0 spiro atoms. The van der Waals surface area contributed by atoms with Crippen molar-refractivity contribution in [2.45, 2.75) is 32.4 Å². The van der Waals surface area contributed by atoms with Gasteiger partial charge in [0.15, 0.2) is 0 Å². The molecule has 0 atom stereocenters. The van der Waals surface area contributed by atoms with Crippen LogP contribution < -0.4 is 5.73 Å². The molecule has 0 radical (unpaired) electrons. The third kappa shape index (κ3) is 3.04. The first-order valence-electron chi connectivity index (χ1n) is 5.30. The molecule has 1 rings (SSSR count). The van der Waals surface area contributed by atoms with Gasteiger partial charge >= 0.3 is 0 Å². The molecule has 0 aromatic carbocycles. The van der Waals surface area contributed by atoms with Crippen LogP contribution in [-0.2, 0) is 9.53 Å². The van der Waals surface area contributed by atoms with Gasteiger partial charge in [0.1, 0.15) is 0 Å². The molecule has 0 unspecified atom stereocenters. The highest BCUT2D eigenvalue weighted by Crippen LogP contribution is 2.22. The Labute approximate surface area is 91.1 Å². The molecule has 0 bridgehead atoms. The van der Waals surface area contributed by atoms with Crippen LogP contribution in [0.3, 0.4) is 0 Å². The third-order valence-electron chi connectivity index (χ3n) is 2.80. The average Bonchev–Trinajstić information content (AvgIpc) is 2.07. The molecule has 4 heteroatoms. The minimum atomic E-state index is -0.399. The molecule has 0 aliphatic carbocycles. The lowest BCUT2D eigenvalue weighted by molar-refractivity contribution is -0.113. The molecule has 15 heavy (non-hydrogen) atoms. The normalized spacial score (nSPS) is 18.4. The van der Waals surface area contributed by atoms with Crippen molar-refractivity contribution in [3.05, 3.63) is 12.2 Å². The summed E-state index contributed by atoms with van der Waals surface area (Å²) in [6, 6.07) is 0.461. The molecule has 2 N–H and O–H groups in total. The highest BCUT2D eigenvalue weighted by atomic mass is 16.5. The summed E-state index contributed by atoms with van der Waals surface area (Å²) in [5.41, 5.74) is 4.94. The monoisotopic (exact) mass is 212 g/mol. The summed E-state index contributed by atoms with van der Waals surface area (Å²) in [7, 11) is 0. The predicted molar refractivity (Wildman–Crippen MR) is 59.4 cm³/mol. The summed E-state index contributed by atoms with van der Waals surface area (Å²) in [5, 5.41) is 0. The van der Waals surface area contributed by atoms with E-state index in [1.807, 2.05) is 6.08 Å². The van der Waals surface area contributed by atoms with Crippen LogP contribution in [0.4, 0.5) is 0 Å². The standard InChI is InChI=1S/C11H20N2O2/c1-4-13(9-7-15-8-9)11(2,3)6-5-10(12)14/h5-6,9H,4,7-8H2,1-3H3,(H2,12,14)/b6-5+. The van der Waals surface area contributed by atoms with Crippen molar-refractivity contribution in [2.75, 3.05) is 19.8 Å². The van der Waals surface area contributed by atoms with E-state index in [1.165, 1.54) is 6.08 Å². The van der Waals surface area contributed by atoms with Gasteiger partial charge in [0.05, 0.1) is 19.3 Å². The Bertz CT molecular complexity index is 257. The largest absolute Gasteiger partial charge is 0.378 e. The molecule has 86 valence electrons. The zero-order valence-electron chi connectivity index (χ0n) is 9.69. The fourth-order valence-corrected chi connectivity index (χ4v) is 1.92. The summed E-state index contributed by atoms with van der Waals surface area (Å²) in [6.45, 7) is 8.76. The molecule has 1 aliphatic heterocycles. The highest BCUT2D eigenvalue weighted by Gasteiger charge is 2.33. The summed E-state index contributed by atoms with van der Waals surface area (Å²) >= 11 is 0. The van der Waals surface area contributed by atoms with Crippen LogP contribution in [-0.4, -0.2) is 42.1 Å². The van der Waals surface area contributed by atoms with Crippen LogP contribution in [0.2, 0.25) is 0 Å². The maximum atomic E-state index is 10.7. The second kappa shape index (κ2) is 4.77. The van der Waals surface area contributed by atoms with Crippen LogP contribution in [0.15, 0.2) is 12.2 Å². The zero-order chi connectivity index (χ0) is 11.5. The maximum absolute atomic E-state index is 10.7.